The van der Waals surface area contributed by atoms with Crippen molar-refractivity contribution in [3.05, 3.63) is 76.6 Å². The average molecular weight is 440 g/mol. The first-order valence-corrected chi connectivity index (χ1v) is 10.5. The van der Waals surface area contributed by atoms with E-state index in [0.717, 1.165) is 16.8 Å². The van der Waals surface area contributed by atoms with E-state index in [9.17, 15) is 14.4 Å². The number of Topliss-reactive ketones (excluding diaryl/α,β-unsaturated/α-hetero) is 2. The molecule has 0 spiro atoms. The summed E-state index contributed by atoms with van der Waals surface area (Å²) in [6, 6.07) is 12.3. The maximum Gasteiger partial charge on any atom is 0.255 e. The summed E-state index contributed by atoms with van der Waals surface area (Å²) in [6.07, 6.45) is 0.620. The summed E-state index contributed by atoms with van der Waals surface area (Å²) in [7, 11) is 0. The Morgan fingerprint density at radius 2 is 1.87 bits per heavy atom. The highest BCUT2D eigenvalue weighted by Crippen LogP contribution is 2.29. The molecule has 1 atom stereocenters. The molecule has 0 saturated heterocycles. The lowest BCUT2D eigenvalue weighted by Crippen LogP contribution is -2.40. The molecule has 0 bridgehead atoms. The van der Waals surface area contributed by atoms with Crippen LogP contribution >= 0.6 is 11.6 Å². The van der Waals surface area contributed by atoms with Crippen LogP contribution in [-0.2, 0) is 22.7 Å². The summed E-state index contributed by atoms with van der Waals surface area (Å²) in [6.45, 7) is 7.78. The van der Waals surface area contributed by atoms with Gasteiger partial charge < -0.3 is 20.3 Å². The van der Waals surface area contributed by atoms with Gasteiger partial charge in [-0.1, -0.05) is 30.3 Å². The van der Waals surface area contributed by atoms with Crippen LogP contribution in [0.4, 0.5) is 5.69 Å². The Kier molecular flexibility index (Phi) is 7.13. The molecule has 0 radical (unpaired) electrons. The molecule has 1 aliphatic heterocycles. The van der Waals surface area contributed by atoms with Gasteiger partial charge in [0.2, 0.25) is 0 Å². The first kappa shape index (κ1) is 22.6. The molecule has 1 amide bonds. The summed E-state index contributed by atoms with van der Waals surface area (Å²) in [4.78, 5) is 38.1. The van der Waals surface area contributed by atoms with Crippen molar-refractivity contribution in [2.45, 2.75) is 45.8 Å². The van der Waals surface area contributed by atoms with Crippen molar-refractivity contribution < 1.29 is 14.4 Å². The van der Waals surface area contributed by atoms with Crippen LogP contribution in [0.3, 0.4) is 0 Å². The molecule has 162 valence electrons. The van der Waals surface area contributed by atoms with E-state index in [1.54, 1.807) is 23.1 Å². The maximum absolute atomic E-state index is 13.0. The van der Waals surface area contributed by atoms with Crippen LogP contribution in [0.2, 0.25) is 5.02 Å². The number of carbonyl (C=O) groups excluding carboxylic acids is 3. The second kappa shape index (κ2) is 9.79. The number of nitrogens with zero attached hydrogens (tertiary/aromatic N) is 1. The SMILES string of the molecule is C=C(NCc1cccc2c1CN(C(CCC(C)=O)C(C)=O)C2=O)Nc1ccc(Cl)cc1. The molecular weight excluding hydrogens is 414 g/mol. The van der Waals surface area contributed by atoms with Crippen LogP contribution in [0.1, 0.15) is 48.2 Å². The number of benzene rings is 2. The molecule has 1 heterocycles. The van der Waals surface area contributed by atoms with Crippen molar-refractivity contribution in [2.75, 3.05) is 5.32 Å². The Labute approximate surface area is 187 Å². The third-order valence-electron chi connectivity index (χ3n) is 5.34. The minimum absolute atomic E-state index is 0.00648. The van der Waals surface area contributed by atoms with E-state index in [1.165, 1.54) is 13.8 Å². The molecule has 0 aromatic heterocycles. The van der Waals surface area contributed by atoms with Crippen LogP contribution in [0.15, 0.2) is 54.9 Å². The first-order chi connectivity index (χ1) is 14.8. The Morgan fingerprint density at radius 3 is 2.52 bits per heavy atom. The third-order valence-corrected chi connectivity index (χ3v) is 5.59. The molecule has 0 saturated carbocycles. The van der Waals surface area contributed by atoms with Crippen molar-refractivity contribution >= 4 is 34.8 Å². The Balaban J connectivity index is 1.69. The molecule has 1 aliphatic rings. The van der Waals surface area contributed by atoms with Crippen LogP contribution in [0.5, 0.6) is 0 Å². The van der Waals surface area contributed by atoms with Crippen molar-refractivity contribution in [1.29, 1.82) is 0 Å². The smallest absolute Gasteiger partial charge is 0.255 e. The zero-order chi connectivity index (χ0) is 22.5. The highest BCUT2D eigenvalue weighted by atomic mass is 35.5. The Hall–Kier alpha value is -3.12. The van der Waals surface area contributed by atoms with Crippen LogP contribution in [-0.4, -0.2) is 28.4 Å². The second-order valence-corrected chi connectivity index (χ2v) is 8.14. The highest BCUT2D eigenvalue weighted by molar-refractivity contribution is 6.30. The number of halogens is 1. The predicted molar refractivity (Wildman–Crippen MR) is 122 cm³/mol. The maximum atomic E-state index is 13.0. The van der Waals surface area contributed by atoms with Gasteiger partial charge in [-0.05, 0) is 61.7 Å². The van der Waals surface area contributed by atoms with Gasteiger partial charge in [0.15, 0.2) is 5.78 Å². The number of nitrogens with one attached hydrogen (secondary N) is 2. The topological polar surface area (TPSA) is 78.5 Å². The number of amides is 1. The van der Waals surface area contributed by atoms with E-state index in [2.05, 4.69) is 17.2 Å². The van der Waals surface area contributed by atoms with Crippen LogP contribution in [0, 0.1) is 0 Å². The first-order valence-electron chi connectivity index (χ1n) is 10.1. The molecule has 7 heteroatoms. The van der Waals surface area contributed by atoms with Crippen LogP contribution in [0.25, 0.3) is 0 Å². The van der Waals surface area contributed by atoms with Gasteiger partial charge >= 0.3 is 0 Å². The molecule has 31 heavy (non-hydrogen) atoms. The number of fused-ring (bicyclic) bond motifs is 1. The third kappa shape index (κ3) is 5.52. The molecule has 2 aromatic carbocycles. The summed E-state index contributed by atoms with van der Waals surface area (Å²) in [5.74, 6) is 0.345. The minimum atomic E-state index is -0.592. The van der Waals surface area contributed by atoms with E-state index < -0.39 is 6.04 Å². The minimum Gasteiger partial charge on any atom is -0.368 e. The van der Waals surface area contributed by atoms with Gasteiger partial charge in [-0.15, -0.1) is 0 Å². The second-order valence-electron chi connectivity index (χ2n) is 7.71. The van der Waals surface area contributed by atoms with Crippen molar-refractivity contribution in [2.24, 2.45) is 0 Å². The van der Waals surface area contributed by atoms with Gasteiger partial charge in [0.25, 0.3) is 5.91 Å². The zero-order valence-electron chi connectivity index (χ0n) is 17.7. The summed E-state index contributed by atoms with van der Waals surface area (Å²) in [5, 5.41) is 7.06. The molecule has 2 N–H and O–H groups in total. The average Bonchev–Trinajstić information content (AvgIpc) is 3.05. The fourth-order valence-electron chi connectivity index (χ4n) is 3.71. The Morgan fingerprint density at radius 1 is 1.16 bits per heavy atom. The summed E-state index contributed by atoms with van der Waals surface area (Å²) < 4.78 is 0. The number of anilines is 1. The van der Waals surface area contributed by atoms with Crippen molar-refractivity contribution in [3.63, 3.8) is 0 Å². The van der Waals surface area contributed by atoms with Crippen molar-refractivity contribution in [3.8, 4) is 0 Å². The molecule has 3 rings (SSSR count). The fourth-order valence-corrected chi connectivity index (χ4v) is 3.83. The fraction of sp³-hybridized carbons (Fsp3) is 0.292. The standard InChI is InChI=1S/C24H26ClN3O3/c1-15(29)7-12-23(16(2)30)28-14-22-18(5-4-6-21(22)24(28)31)13-26-17(3)27-20-10-8-19(25)9-11-20/h4-6,8-11,23,26-27H,3,7,12-14H2,1-2H3. The number of rotatable bonds is 10. The molecule has 0 fully saturated rings. The number of hydrogen-bond donors (Lipinski definition) is 2. The number of carbonyl (C=O) groups is 3. The monoisotopic (exact) mass is 439 g/mol. The molecule has 1 unspecified atom stereocenters. The lowest BCUT2D eigenvalue weighted by atomic mass is 10.0. The van der Waals surface area contributed by atoms with Gasteiger partial charge in [0, 0.05) is 35.8 Å². The lowest BCUT2D eigenvalue weighted by molar-refractivity contribution is -0.122. The Bertz CT molecular complexity index is 1020. The summed E-state index contributed by atoms with van der Waals surface area (Å²) in [5.41, 5.74) is 3.32. The van der Waals surface area contributed by atoms with Crippen LogP contribution < -0.4 is 10.6 Å². The zero-order valence-corrected chi connectivity index (χ0v) is 18.5. The van der Waals surface area contributed by atoms with Gasteiger partial charge in [-0.2, -0.15) is 0 Å². The largest absolute Gasteiger partial charge is 0.368 e. The number of hydrogen-bond acceptors (Lipinski definition) is 5. The van der Waals surface area contributed by atoms with Crippen molar-refractivity contribution in [1.82, 2.24) is 10.2 Å². The lowest BCUT2D eigenvalue weighted by Gasteiger charge is -2.25. The van der Waals surface area contributed by atoms with E-state index in [0.29, 0.717) is 35.9 Å². The molecular formula is C24H26ClN3O3. The summed E-state index contributed by atoms with van der Waals surface area (Å²) >= 11 is 5.91. The molecule has 0 aliphatic carbocycles. The molecule has 6 nitrogen and oxygen atoms in total. The van der Waals surface area contributed by atoms with Gasteiger partial charge in [-0.3, -0.25) is 9.59 Å². The number of ketones is 2. The predicted octanol–water partition coefficient (Wildman–Crippen LogP) is 4.30. The van der Waals surface area contributed by atoms with Gasteiger partial charge in [-0.25, -0.2) is 0 Å². The van der Waals surface area contributed by atoms with E-state index in [-0.39, 0.29) is 23.9 Å². The highest BCUT2D eigenvalue weighted by Gasteiger charge is 2.35. The quantitative estimate of drug-likeness (QED) is 0.577. The normalized spacial score (nSPS) is 13.5. The van der Waals surface area contributed by atoms with E-state index in [1.807, 2.05) is 24.3 Å². The van der Waals surface area contributed by atoms with E-state index >= 15 is 0 Å². The molecule has 2 aromatic rings. The van der Waals surface area contributed by atoms with E-state index in [4.69, 9.17) is 11.6 Å². The van der Waals surface area contributed by atoms with Gasteiger partial charge in [0.1, 0.15) is 5.78 Å². The van der Waals surface area contributed by atoms with Gasteiger partial charge in [0.05, 0.1) is 11.9 Å².